The lowest BCUT2D eigenvalue weighted by atomic mass is 10.2. The standard InChI is InChI=1S/C15H13ClN2O2/c16-12-4-2-1-3-10(12)8-17-11-5-6-14-13(7-11)18-15(19)9-20-14/h1-7,17H,8-9H2,(H,18,19). The summed E-state index contributed by atoms with van der Waals surface area (Å²) in [5.74, 6) is 0.550. The molecule has 1 heterocycles. The smallest absolute Gasteiger partial charge is 0.262 e. The van der Waals surface area contributed by atoms with Crippen LogP contribution in [0.1, 0.15) is 5.56 Å². The molecule has 2 N–H and O–H groups in total. The van der Waals surface area contributed by atoms with Gasteiger partial charge in [0.15, 0.2) is 6.61 Å². The van der Waals surface area contributed by atoms with Crippen molar-refractivity contribution in [3.63, 3.8) is 0 Å². The van der Waals surface area contributed by atoms with E-state index in [9.17, 15) is 4.79 Å². The lowest BCUT2D eigenvalue weighted by Gasteiger charge is -2.19. The van der Waals surface area contributed by atoms with Crippen molar-refractivity contribution in [2.45, 2.75) is 6.54 Å². The second kappa shape index (κ2) is 5.43. The molecule has 102 valence electrons. The number of anilines is 2. The molecule has 0 saturated carbocycles. The molecule has 2 aromatic carbocycles. The highest BCUT2D eigenvalue weighted by molar-refractivity contribution is 6.31. The minimum absolute atomic E-state index is 0.0688. The minimum Gasteiger partial charge on any atom is -0.482 e. The maximum atomic E-state index is 11.3. The summed E-state index contributed by atoms with van der Waals surface area (Å²) in [5.41, 5.74) is 2.60. The van der Waals surface area contributed by atoms with Crippen LogP contribution in [0.25, 0.3) is 0 Å². The van der Waals surface area contributed by atoms with Crippen LogP contribution in [0.15, 0.2) is 42.5 Å². The van der Waals surface area contributed by atoms with Gasteiger partial charge < -0.3 is 15.4 Å². The number of carbonyl (C=O) groups is 1. The van der Waals surface area contributed by atoms with Crippen LogP contribution in [-0.4, -0.2) is 12.5 Å². The highest BCUT2D eigenvalue weighted by Gasteiger charge is 2.15. The summed E-state index contributed by atoms with van der Waals surface area (Å²) < 4.78 is 5.31. The van der Waals surface area contributed by atoms with Gasteiger partial charge in [0.05, 0.1) is 5.69 Å². The predicted octanol–water partition coefficient (Wildman–Crippen LogP) is 3.28. The minimum atomic E-state index is -0.138. The van der Waals surface area contributed by atoms with Crippen LogP contribution >= 0.6 is 11.6 Å². The molecule has 4 nitrogen and oxygen atoms in total. The summed E-state index contributed by atoms with van der Waals surface area (Å²) in [4.78, 5) is 11.3. The summed E-state index contributed by atoms with van der Waals surface area (Å²) in [7, 11) is 0. The first-order valence-electron chi connectivity index (χ1n) is 6.26. The second-order valence-corrected chi connectivity index (χ2v) is 4.90. The fourth-order valence-electron chi connectivity index (χ4n) is 2.03. The molecule has 1 amide bonds. The summed E-state index contributed by atoms with van der Waals surface area (Å²) >= 11 is 6.11. The van der Waals surface area contributed by atoms with E-state index in [0.29, 0.717) is 18.0 Å². The van der Waals surface area contributed by atoms with Crippen LogP contribution < -0.4 is 15.4 Å². The molecule has 0 atom stereocenters. The molecule has 0 fully saturated rings. The Labute approximate surface area is 121 Å². The van der Waals surface area contributed by atoms with E-state index < -0.39 is 0 Å². The second-order valence-electron chi connectivity index (χ2n) is 4.49. The number of ether oxygens (including phenoxy) is 1. The zero-order valence-corrected chi connectivity index (χ0v) is 11.4. The monoisotopic (exact) mass is 288 g/mol. The molecule has 0 bridgehead atoms. The molecule has 5 heteroatoms. The molecule has 1 aliphatic rings. The maximum absolute atomic E-state index is 11.3. The van der Waals surface area contributed by atoms with E-state index >= 15 is 0 Å². The van der Waals surface area contributed by atoms with Crippen molar-refractivity contribution in [2.75, 3.05) is 17.2 Å². The van der Waals surface area contributed by atoms with Crippen LogP contribution in [-0.2, 0) is 11.3 Å². The van der Waals surface area contributed by atoms with E-state index in [-0.39, 0.29) is 12.5 Å². The summed E-state index contributed by atoms with van der Waals surface area (Å²) in [6.45, 7) is 0.687. The number of nitrogens with one attached hydrogen (secondary N) is 2. The van der Waals surface area contributed by atoms with Crippen LogP contribution in [0.2, 0.25) is 5.02 Å². The number of hydrogen-bond donors (Lipinski definition) is 2. The van der Waals surface area contributed by atoms with Gasteiger partial charge >= 0.3 is 0 Å². The quantitative estimate of drug-likeness (QED) is 0.911. The van der Waals surface area contributed by atoms with Gasteiger partial charge in [0, 0.05) is 17.3 Å². The Morgan fingerprint density at radius 2 is 2.10 bits per heavy atom. The molecular formula is C15H13ClN2O2. The third kappa shape index (κ3) is 2.70. The van der Waals surface area contributed by atoms with Gasteiger partial charge in [-0.05, 0) is 29.8 Å². The first kappa shape index (κ1) is 12.8. The number of hydrogen-bond acceptors (Lipinski definition) is 3. The summed E-state index contributed by atoms with van der Waals surface area (Å²) in [6.07, 6.45) is 0. The van der Waals surface area contributed by atoms with E-state index in [0.717, 1.165) is 16.3 Å². The van der Waals surface area contributed by atoms with Crippen molar-refractivity contribution in [3.8, 4) is 5.75 Å². The lowest BCUT2D eigenvalue weighted by Crippen LogP contribution is -2.25. The molecule has 0 unspecified atom stereocenters. The van der Waals surface area contributed by atoms with Crippen LogP contribution in [0.5, 0.6) is 5.75 Å². The Kier molecular flexibility index (Phi) is 3.48. The van der Waals surface area contributed by atoms with Gasteiger partial charge in [-0.15, -0.1) is 0 Å². The van der Waals surface area contributed by atoms with E-state index in [1.54, 1.807) is 0 Å². The average molecular weight is 289 g/mol. The van der Waals surface area contributed by atoms with Gasteiger partial charge in [0.1, 0.15) is 5.75 Å². The highest BCUT2D eigenvalue weighted by atomic mass is 35.5. The Morgan fingerprint density at radius 1 is 1.25 bits per heavy atom. The average Bonchev–Trinajstić information content (AvgIpc) is 2.46. The number of carbonyl (C=O) groups excluding carboxylic acids is 1. The molecule has 20 heavy (non-hydrogen) atoms. The Balaban J connectivity index is 1.74. The number of rotatable bonds is 3. The first-order chi connectivity index (χ1) is 9.72. The Hall–Kier alpha value is -2.20. The number of benzene rings is 2. The maximum Gasteiger partial charge on any atom is 0.262 e. The van der Waals surface area contributed by atoms with Crippen molar-refractivity contribution < 1.29 is 9.53 Å². The molecule has 0 radical (unpaired) electrons. The Bertz CT molecular complexity index is 658. The van der Waals surface area contributed by atoms with Gasteiger partial charge in [-0.3, -0.25) is 4.79 Å². The third-order valence-corrected chi connectivity index (χ3v) is 3.42. The number of amides is 1. The molecule has 2 aromatic rings. The number of halogens is 1. The summed E-state index contributed by atoms with van der Waals surface area (Å²) in [5, 5.41) is 6.79. The highest BCUT2D eigenvalue weighted by Crippen LogP contribution is 2.30. The fraction of sp³-hybridized carbons (Fsp3) is 0.133. The van der Waals surface area contributed by atoms with Crippen LogP contribution in [0.4, 0.5) is 11.4 Å². The zero-order valence-electron chi connectivity index (χ0n) is 10.7. The molecule has 1 aliphatic heterocycles. The van der Waals surface area contributed by atoms with Crippen molar-refractivity contribution in [1.82, 2.24) is 0 Å². The summed E-state index contributed by atoms with van der Waals surface area (Å²) in [6, 6.07) is 13.3. The van der Waals surface area contributed by atoms with Crippen LogP contribution in [0, 0.1) is 0 Å². The topological polar surface area (TPSA) is 50.4 Å². The van der Waals surface area contributed by atoms with Gasteiger partial charge in [-0.25, -0.2) is 0 Å². The molecule has 0 aromatic heterocycles. The van der Waals surface area contributed by atoms with E-state index in [2.05, 4.69) is 10.6 Å². The number of fused-ring (bicyclic) bond motifs is 1. The van der Waals surface area contributed by atoms with E-state index in [4.69, 9.17) is 16.3 Å². The predicted molar refractivity (Wildman–Crippen MR) is 79.3 cm³/mol. The van der Waals surface area contributed by atoms with Gasteiger partial charge in [-0.2, -0.15) is 0 Å². The molecule has 3 rings (SSSR count). The molecular weight excluding hydrogens is 276 g/mol. The molecule has 0 saturated heterocycles. The largest absolute Gasteiger partial charge is 0.482 e. The van der Waals surface area contributed by atoms with Gasteiger partial charge in [0.2, 0.25) is 0 Å². The van der Waals surface area contributed by atoms with Crippen molar-refractivity contribution in [2.24, 2.45) is 0 Å². The van der Waals surface area contributed by atoms with Gasteiger partial charge in [-0.1, -0.05) is 29.8 Å². The van der Waals surface area contributed by atoms with Crippen molar-refractivity contribution in [3.05, 3.63) is 53.1 Å². The van der Waals surface area contributed by atoms with Crippen molar-refractivity contribution >= 4 is 28.9 Å². The van der Waals surface area contributed by atoms with Crippen molar-refractivity contribution in [1.29, 1.82) is 0 Å². The Morgan fingerprint density at radius 3 is 2.95 bits per heavy atom. The lowest BCUT2D eigenvalue weighted by molar-refractivity contribution is -0.118. The van der Waals surface area contributed by atoms with E-state index in [1.807, 2.05) is 42.5 Å². The SMILES string of the molecule is O=C1COc2ccc(NCc3ccccc3Cl)cc2N1. The van der Waals surface area contributed by atoms with Gasteiger partial charge in [0.25, 0.3) is 5.91 Å². The van der Waals surface area contributed by atoms with E-state index in [1.165, 1.54) is 0 Å². The zero-order chi connectivity index (χ0) is 13.9. The third-order valence-electron chi connectivity index (χ3n) is 3.05. The molecule has 0 aliphatic carbocycles. The normalized spacial score (nSPS) is 13.2. The molecule has 0 spiro atoms. The fourth-order valence-corrected chi connectivity index (χ4v) is 2.23. The van der Waals surface area contributed by atoms with Crippen LogP contribution in [0.3, 0.4) is 0 Å². The first-order valence-corrected chi connectivity index (χ1v) is 6.64.